The first-order valence-corrected chi connectivity index (χ1v) is 13.4. The normalized spacial score (nSPS) is 14.4. The van der Waals surface area contributed by atoms with E-state index in [1.54, 1.807) is 23.5 Å². The van der Waals surface area contributed by atoms with Crippen LogP contribution in [-0.2, 0) is 21.2 Å². The third-order valence-corrected chi connectivity index (χ3v) is 7.70. The fourth-order valence-electron chi connectivity index (χ4n) is 3.83. The van der Waals surface area contributed by atoms with Crippen LogP contribution in [0.3, 0.4) is 0 Å². The lowest BCUT2D eigenvalue weighted by Crippen LogP contribution is -2.33. The zero-order valence-corrected chi connectivity index (χ0v) is 19.6. The largest absolute Gasteiger partial charge is 0.372 e. The number of rotatable bonds is 9. The summed E-state index contributed by atoms with van der Waals surface area (Å²) < 4.78 is 28.4. The molecule has 1 saturated heterocycles. The molecule has 7 nitrogen and oxygen atoms in total. The van der Waals surface area contributed by atoms with Gasteiger partial charge in [-0.3, -0.25) is 9.52 Å². The molecule has 1 aliphatic rings. The van der Waals surface area contributed by atoms with Crippen molar-refractivity contribution in [3.05, 3.63) is 53.5 Å². The number of aromatic nitrogens is 1. The topological polar surface area (TPSA) is 91.4 Å². The SMILES string of the molecule is O=C(CS(=O)(=O)Nc1ccc(N2CCCCC2)cc1)NCCCc1nc2ccccc2s1. The number of nitrogens with one attached hydrogen (secondary N) is 2. The van der Waals surface area contributed by atoms with Gasteiger partial charge in [-0.15, -0.1) is 11.3 Å². The highest BCUT2D eigenvalue weighted by Crippen LogP contribution is 2.23. The molecule has 2 N–H and O–H groups in total. The molecule has 0 bridgehead atoms. The highest BCUT2D eigenvalue weighted by atomic mass is 32.2. The van der Waals surface area contributed by atoms with E-state index in [9.17, 15) is 13.2 Å². The third kappa shape index (κ3) is 6.20. The number of piperidine rings is 1. The minimum Gasteiger partial charge on any atom is -0.372 e. The van der Waals surface area contributed by atoms with Crippen LogP contribution in [0.2, 0.25) is 0 Å². The van der Waals surface area contributed by atoms with Gasteiger partial charge in [0.25, 0.3) is 0 Å². The van der Waals surface area contributed by atoms with E-state index in [1.807, 2.05) is 36.4 Å². The molecule has 3 aromatic rings. The number of anilines is 2. The van der Waals surface area contributed by atoms with E-state index in [1.165, 1.54) is 19.3 Å². The summed E-state index contributed by atoms with van der Waals surface area (Å²) in [6.07, 6.45) is 5.08. The van der Waals surface area contributed by atoms with E-state index in [0.717, 1.165) is 40.4 Å². The standard InChI is InChI=1S/C23H28N4O3S2/c28-22(24-14-6-9-23-25-20-7-2-3-8-21(20)31-23)17-32(29,30)26-18-10-12-19(13-11-18)27-15-4-1-5-16-27/h2-3,7-8,10-13,26H,1,4-6,9,14-17H2,(H,24,28). The molecular weight excluding hydrogens is 444 g/mol. The van der Waals surface area contributed by atoms with Crippen molar-refractivity contribution in [2.45, 2.75) is 32.1 Å². The molecule has 9 heteroatoms. The molecule has 0 unspecified atom stereocenters. The average molecular weight is 473 g/mol. The molecule has 0 radical (unpaired) electrons. The molecule has 1 fully saturated rings. The van der Waals surface area contributed by atoms with Crippen LogP contribution in [0.5, 0.6) is 0 Å². The summed E-state index contributed by atoms with van der Waals surface area (Å²) in [5.74, 6) is -1.10. The number of benzene rings is 2. The average Bonchev–Trinajstić information content (AvgIpc) is 3.20. The molecule has 2 aromatic carbocycles. The lowest BCUT2D eigenvalue weighted by molar-refractivity contribution is -0.118. The van der Waals surface area contributed by atoms with Crippen LogP contribution in [0.15, 0.2) is 48.5 Å². The summed E-state index contributed by atoms with van der Waals surface area (Å²) in [4.78, 5) is 19.0. The van der Waals surface area contributed by atoms with Crippen molar-refractivity contribution >= 4 is 48.9 Å². The van der Waals surface area contributed by atoms with Crippen molar-refractivity contribution in [3.63, 3.8) is 0 Å². The van der Waals surface area contributed by atoms with Gasteiger partial charge in [0.1, 0.15) is 5.75 Å². The maximum Gasteiger partial charge on any atom is 0.241 e. The van der Waals surface area contributed by atoms with Gasteiger partial charge < -0.3 is 10.2 Å². The maximum atomic E-state index is 12.4. The Hall–Kier alpha value is -2.65. The summed E-state index contributed by atoms with van der Waals surface area (Å²) in [6, 6.07) is 15.3. The van der Waals surface area contributed by atoms with Gasteiger partial charge in [-0.2, -0.15) is 0 Å². The number of sulfonamides is 1. The molecule has 1 amide bonds. The van der Waals surface area contributed by atoms with Gasteiger partial charge in [-0.05, 0) is 62.1 Å². The highest BCUT2D eigenvalue weighted by Gasteiger charge is 2.17. The second-order valence-electron chi connectivity index (χ2n) is 7.98. The van der Waals surface area contributed by atoms with E-state index >= 15 is 0 Å². The minimum atomic E-state index is -3.76. The molecule has 2 heterocycles. The van der Waals surface area contributed by atoms with Gasteiger partial charge in [0.2, 0.25) is 15.9 Å². The number of amides is 1. The van der Waals surface area contributed by atoms with Crippen LogP contribution >= 0.6 is 11.3 Å². The number of carbonyl (C=O) groups excluding carboxylic acids is 1. The number of hydrogen-bond donors (Lipinski definition) is 2. The molecule has 32 heavy (non-hydrogen) atoms. The van der Waals surface area contributed by atoms with Crippen molar-refractivity contribution in [1.29, 1.82) is 0 Å². The van der Waals surface area contributed by atoms with Gasteiger partial charge in [-0.1, -0.05) is 12.1 Å². The Labute approximate surface area is 192 Å². The van der Waals surface area contributed by atoms with Crippen LogP contribution in [0, 0.1) is 0 Å². The molecule has 0 aliphatic carbocycles. The fraction of sp³-hybridized carbons (Fsp3) is 0.391. The zero-order chi connectivity index (χ0) is 22.4. The van der Waals surface area contributed by atoms with Crippen LogP contribution < -0.4 is 14.9 Å². The Morgan fingerprint density at radius 2 is 1.78 bits per heavy atom. The number of hydrogen-bond acceptors (Lipinski definition) is 6. The van der Waals surface area contributed by atoms with Crippen LogP contribution in [0.4, 0.5) is 11.4 Å². The predicted molar refractivity (Wildman–Crippen MR) is 131 cm³/mol. The fourth-order valence-corrected chi connectivity index (χ4v) is 5.85. The second kappa shape index (κ2) is 10.3. The number of thiazole rings is 1. The number of nitrogens with zero attached hydrogens (tertiary/aromatic N) is 2. The molecule has 1 aromatic heterocycles. The van der Waals surface area contributed by atoms with Crippen LogP contribution in [-0.4, -0.2) is 44.7 Å². The van der Waals surface area contributed by atoms with Crippen molar-refractivity contribution in [2.24, 2.45) is 0 Å². The van der Waals surface area contributed by atoms with Gasteiger partial charge in [0.15, 0.2) is 0 Å². The molecule has 170 valence electrons. The van der Waals surface area contributed by atoms with Crippen LogP contribution in [0.25, 0.3) is 10.2 Å². The van der Waals surface area contributed by atoms with Gasteiger partial charge in [0.05, 0.1) is 15.2 Å². The van der Waals surface area contributed by atoms with Gasteiger partial charge in [0, 0.05) is 37.4 Å². The first kappa shape index (κ1) is 22.5. The number of aryl methyl sites for hydroxylation is 1. The Kier molecular flexibility index (Phi) is 7.26. The summed E-state index contributed by atoms with van der Waals surface area (Å²) >= 11 is 1.64. The van der Waals surface area contributed by atoms with E-state index in [4.69, 9.17) is 0 Å². The van der Waals surface area contributed by atoms with E-state index in [2.05, 4.69) is 19.9 Å². The van der Waals surface area contributed by atoms with Gasteiger partial charge >= 0.3 is 0 Å². The first-order valence-electron chi connectivity index (χ1n) is 11.0. The molecule has 1 aliphatic heterocycles. The number of fused-ring (bicyclic) bond motifs is 1. The molecule has 0 atom stereocenters. The Morgan fingerprint density at radius 3 is 2.53 bits per heavy atom. The second-order valence-corrected chi connectivity index (χ2v) is 10.8. The summed E-state index contributed by atoms with van der Waals surface area (Å²) in [6.45, 7) is 2.48. The minimum absolute atomic E-state index is 0.412. The molecule has 0 saturated carbocycles. The van der Waals surface area contributed by atoms with E-state index < -0.39 is 21.7 Å². The number of carbonyl (C=O) groups is 1. The monoisotopic (exact) mass is 472 g/mol. The predicted octanol–water partition coefficient (Wildman–Crippen LogP) is 3.78. The van der Waals surface area contributed by atoms with Gasteiger partial charge in [-0.25, -0.2) is 13.4 Å². The number of para-hydroxylation sites is 1. The lowest BCUT2D eigenvalue weighted by Gasteiger charge is -2.28. The first-order chi connectivity index (χ1) is 15.5. The van der Waals surface area contributed by atoms with E-state index in [-0.39, 0.29) is 0 Å². The molecule has 0 spiro atoms. The summed E-state index contributed by atoms with van der Waals surface area (Å²) in [7, 11) is -3.76. The Bertz CT molecular complexity index is 1120. The summed E-state index contributed by atoms with van der Waals surface area (Å²) in [5, 5.41) is 3.71. The van der Waals surface area contributed by atoms with Crippen LogP contribution in [0.1, 0.15) is 30.7 Å². The summed E-state index contributed by atoms with van der Waals surface area (Å²) in [5.41, 5.74) is 2.55. The highest BCUT2D eigenvalue weighted by molar-refractivity contribution is 7.93. The van der Waals surface area contributed by atoms with Crippen molar-refractivity contribution < 1.29 is 13.2 Å². The van der Waals surface area contributed by atoms with Crippen molar-refractivity contribution in [3.8, 4) is 0 Å². The van der Waals surface area contributed by atoms with Crippen molar-refractivity contribution in [1.82, 2.24) is 10.3 Å². The molecule has 4 rings (SSSR count). The Balaban J connectivity index is 1.20. The quantitative estimate of drug-likeness (QED) is 0.463. The van der Waals surface area contributed by atoms with E-state index in [0.29, 0.717) is 18.7 Å². The maximum absolute atomic E-state index is 12.4. The lowest BCUT2D eigenvalue weighted by atomic mass is 10.1. The van der Waals surface area contributed by atoms with Crippen molar-refractivity contribution in [2.75, 3.05) is 35.0 Å². The zero-order valence-electron chi connectivity index (χ0n) is 17.9. The smallest absolute Gasteiger partial charge is 0.241 e. The Morgan fingerprint density at radius 1 is 1.03 bits per heavy atom. The molecular formula is C23H28N4O3S2. The third-order valence-electron chi connectivity index (χ3n) is 5.41.